The summed E-state index contributed by atoms with van der Waals surface area (Å²) in [5.74, 6) is 1.12. The summed E-state index contributed by atoms with van der Waals surface area (Å²) in [7, 11) is 0. The van der Waals surface area contributed by atoms with E-state index in [9.17, 15) is 0 Å². The van der Waals surface area contributed by atoms with Crippen LogP contribution in [0.5, 0.6) is 0 Å². The molecule has 0 radical (unpaired) electrons. The number of quaternary nitrogens is 1. The van der Waals surface area contributed by atoms with Gasteiger partial charge in [0.1, 0.15) is 0 Å². The smallest absolute Gasteiger partial charge is 0.0789 e. The van der Waals surface area contributed by atoms with Crippen molar-refractivity contribution in [2.45, 2.75) is 26.2 Å². The van der Waals surface area contributed by atoms with E-state index < -0.39 is 0 Å². The van der Waals surface area contributed by atoms with Crippen molar-refractivity contribution in [2.24, 2.45) is 5.92 Å². The van der Waals surface area contributed by atoms with Gasteiger partial charge in [-0.3, -0.25) is 0 Å². The fraction of sp³-hybridized carbons (Fsp3) is 1.00. The molecule has 0 aliphatic carbocycles. The first-order chi connectivity index (χ1) is 4.85. The summed E-state index contributed by atoms with van der Waals surface area (Å²) in [6.07, 6.45) is 4.57. The Balaban J connectivity index is 2.08. The maximum Gasteiger partial charge on any atom is 0.0789 e. The van der Waals surface area contributed by atoms with Crippen LogP contribution in [-0.2, 0) is 0 Å². The summed E-state index contributed by atoms with van der Waals surface area (Å²) >= 11 is 0. The molecule has 3 saturated heterocycles. The third-order valence-corrected chi connectivity index (χ3v) is 3.71. The third-order valence-electron chi connectivity index (χ3n) is 3.71. The Bertz CT molecular complexity index is 109. The van der Waals surface area contributed by atoms with Crippen molar-refractivity contribution in [3.63, 3.8) is 0 Å². The lowest BCUT2D eigenvalue weighted by Gasteiger charge is -2.48. The van der Waals surface area contributed by atoms with Gasteiger partial charge in [-0.2, -0.15) is 0 Å². The molecule has 0 aromatic rings. The van der Waals surface area contributed by atoms with Gasteiger partial charge in [0.25, 0.3) is 0 Å². The Morgan fingerprint density at radius 2 is 1.60 bits per heavy atom. The van der Waals surface area contributed by atoms with E-state index in [1.165, 1.54) is 49.9 Å². The molecule has 0 aromatic carbocycles. The van der Waals surface area contributed by atoms with E-state index in [-0.39, 0.29) is 0 Å². The summed E-state index contributed by atoms with van der Waals surface area (Å²) in [5, 5.41) is 0. The fourth-order valence-electron chi connectivity index (χ4n) is 2.61. The van der Waals surface area contributed by atoms with Crippen LogP contribution in [0.3, 0.4) is 0 Å². The van der Waals surface area contributed by atoms with Crippen molar-refractivity contribution in [3.05, 3.63) is 0 Å². The highest BCUT2D eigenvalue weighted by Gasteiger charge is 2.37. The van der Waals surface area contributed by atoms with Gasteiger partial charge >= 0.3 is 0 Å². The average molecular weight is 140 g/mol. The SMILES string of the molecule is CC[N+]12CCC(CC1)CC2. The molecule has 2 bridgehead atoms. The molecule has 0 spiro atoms. The van der Waals surface area contributed by atoms with E-state index in [4.69, 9.17) is 0 Å². The summed E-state index contributed by atoms with van der Waals surface area (Å²) in [5.41, 5.74) is 0. The maximum atomic E-state index is 2.35. The van der Waals surface area contributed by atoms with Crippen LogP contribution in [0.15, 0.2) is 0 Å². The highest BCUT2D eigenvalue weighted by molar-refractivity contribution is 4.70. The second-order valence-electron chi connectivity index (χ2n) is 4.06. The number of rotatable bonds is 1. The zero-order chi connectivity index (χ0) is 7.03. The predicted octanol–water partition coefficient (Wildman–Crippen LogP) is 1.64. The number of piperidine rings is 3. The standard InChI is InChI=1S/C9H18N/c1-2-10-6-3-9(4-7-10)5-8-10/h9H,2-8H2,1H3/q+1. The third kappa shape index (κ3) is 0.878. The quantitative estimate of drug-likeness (QED) is 0.486. The van der Waals surface area contributed by atoms with Crippen molar-refractivity contribution in [2.75, 3.05) is 26.2 Å². The van der Waals surface area contributed by atoms with Crippen molar-refractivity contribution in [3.8, 4) is 0 Å². The molecule has 1 heteroatoms. The lowest BCUT2D eigenvalue weighted by atomic mass is 9.86. The molecule has 3 heterocycles. The minimum absolute atomic E-state index is 1.12. The molecule has 0 atom stereocenters. The highest BCUT2D eigenvalue weighted by atomic mass is 15.4. The topological polar surface area (TPSA) is 0 Å². The summed E-state index contributed by atoms with van der Waals surface area (Å²) < 4.78 is 1.45. The fourth-order valence-corrected chi connectivity index (χ4v) is 2.61. The van der Waals surface area contributed by atoms with E-state index in [1.54, 1.807) is 0 Å². The second-order valence-corrected chi connectivity index (χ2v) is 4.06. The molecule has 0 unspecified atom stereocenters. The van der Waals surface area contributed by atoms with Crippen molar-refractivity contribution >= 4 is 0 Å². The van der Waals surface area contributed by atoms with Gasteiger partial charge < -0.3 is 4.48 Å². The summed E-state index contributed by atoms with van der Waals surface area (Å²) in [4.78, 5) is 0. The molecule has 3 fully saturated rings. The lowest BCUT2D eigenvalue weighted by molar-refractivity contribution is -0.941. The van der Waals surface area contributed by atoms with Gasteiger partial charge in [0.05, 0.1) is 26.2 Å². The Labute approximate surface area is 63.6 Å². The van der Waals surface area contributed by atoms with Gasteiger partial charge in [0.15, 0.2) is 0 Å². The molecular weight excluding hydrogens is 122 g/mol. The number of hydrogen-bond donors (Lipinski definition) is 0. The Hall–Kier alpha value is -0.0400. The first-order valence-electron chi connectivity index (χ1n) is 4.70. The van der Waals surface area contributed by atoms with E-state index in [0.29, 0.717) is 0 Å². The average Bonchev–Trinajstić information content (AvgIpc) is 2.08. The van der Waals surface area contributed by atoms with Crippen LogP contribution in [0, 0.1) is 5.92 Å². The maximum absolute atomic E-state index is 2.35. The zero-order valence-corrected chi connectivity index (χ0v) is 6.97. The second kappa shape index (κ2) is 2.23. The molecular formula is C9H18N+. The number of fused-ring (bicyclic) bond motifs is 3. The van der Waals surface area contributed by atoms with Gasteiger partial charge in [0, 0.05) is 0 Å². The number of nitrogens with zero attached hydrogens (tertiary/aromatic N) is 1. The van der Waals surface area contributed by atoms with E-state index in [0.717, 1.165) is 5.92 Å². The van der Waals surface area contributed by atoms with E-state index in [2.05, 4.69) is 6.92 Å². The lowest BCUT2D eigenvalue weighted by Crippen LogP contribution is -2.57. The Morgan fingerprint density at radius 3 is 1.90 bits per heavy atom. The van der Waals surface area contributed by atoms with Gasteiger partial charge in [0.2, 0.25) is 0 Å². The molecule has 3 aliphatic rings. The van der Waals surface area contributed by atoms with Gasteiger partial charge in [-0.05, 0) is 32.1 Å². The van der Waals surface area contributed by atoms with Crippen LogP contribution in [0.25, 0.3) is 0 Å². The van der Waals surface area contributed by atoms with Crippen LogP contribution >= 0.6 is 0 Å². The van der Waals surface area contributed by atoms with Crippen molar-refractivity contribution in [1.29, 1.82) is 0 Å². The van der Waals surface area contributed by atoms with Crippen molar-refractivity contribution in [1.82, 2.24) is 0 Å². The molecule has 3 aliphatic heterocycles. The molecule has 10 heavy (non-hydrogen) atoms. The van der Waals surface area contributed by atoms with Gasteiger partial charge in [-0.1, -0.05) is 0 Å². The van der Waals surface area contributed by atoms with Gasteiger partial charge in [-0.15, -0.1) is 0 Å². The predicted molar refractivity (Wildman–Crippen MR) is 42.7 cm³/mol. The molecule has 0 N–H and O–H groups in total. The van der Waals surface area contributed by atoms with Crippen molar-refractivity contribution < 1.29 is 4.48 Å². The minimum Gasteiger partial charge on any atom is -0.324 e. The summed E-state index contributed by atoms with van der Waals surface area (Å²) in [6.45, 7) is 8.20. The molecule has 0 aromatic heterocycles. The van der Waals surface area contributed by atoms with Gasteiger partial charge in [-0.25, -0.2) is 0 Å². The Kier molecular flexibility index (Phi) is 1.48. The monoisotopic (exact) mass is 140 g/mol. The largest absolute Gasteiger partial charge is 0.324 e. The molecule has 1 nitrogen and oxygen atoms in total. The molecule has 0 saturated carbocycles. The molecule has 3 rings (SSSR count). The molecule has 0 amide bonds. The van der Waals surface area contributed by atoms with Crippen LogP contribution < -0.4 is 0 Å². The first kappa shape index (κ1) is 6.66. The summed E-state index contributed by atoms with van der Waals surface area (Å²) in [6, 6.07) is 0. The van der Waals surface area contributed by atoms with E-state index in [1.807, 2.05) is 0 Å². The number of hydrogen-bond acceptors (Lipinski definition) is 0. The van der Waals surface area contributed by atoms with E-state index >= 15 is 0 Å². The Morgan fingerprint density at radius 1 is 1.10 bits per heavy atom. The van der Waals surface area contributed by atoms with Crippen LogP contribution in [0.4, 0.5) is 0 Å². The first-order valence-corrected chi connectivity index (χ1v) is 4.70. The van der Waals surface area contributed by atoms with Crippen LogP contribution in [0.1, 0.15) is 26.2 Å². The molecule has 58 valence electrons. The minimum atomic E-state index is 1.12. The normalized spacial score (nSPS) is 45.9. The zero-order valence-electron chi connectivity index (χ0n) is 6.97. The van der Waals surface area contributed by atoms with Crippen LogP contribution in [-0.4, -0.2) is 30.7 Å². The van der Waals surface area contributed by atoms with Crippen LogP contribution in [0.2, 0.25) is 0 Å². The highest BCUT2D eigenvalue weighted by Crippen LogP contribution is 2.32.